The maximum atomic E-state index is 13.5. The topological polar surface area (TPSA) is 104 Å². The van der Waals surface area contributed by atoms with E-state index in [9.17, 15) is 4.79 Å². The summed E-state index contributed by atoms with van der Waals surface area (Å²) in [4.78, 5) is 13.5. The molecule has 10 heteroatoms. The fourth-order valence-electron chi connectivity index (χ4n) is 4.77. The molecule has 10 nitrogen and oxygen atoms in total. The first-order valence-corrected chi connectivity index (χ1v) is 12.4. The van der Waals surface area contributed by atoms with Gasteiger partial charge in [0.15, 0.2) is 41.0 Å². The van der Waals surface area contributed by atoms with Gasteiger partial charge in [0, 0.05) is 30.4 Å². The molecule has 5 rings (SSSR count). The summed E-state index contributed by atoms with van der Waals surface area (Å²) in [5, 5.41) is 0.248. The van der Waals surface area contributed by atoms with Gasteiger partial charge in [0.05, 0.1) is 42.2 Å². The summed E-state index contributed by atoms with van der Waals surface area (Å²) in [5.41, 5.74) is 1.27. The Balaban J connectivity index is 1.61. The molecule has 4 aromatic rings. The van der Waals surface area contributed by atoms with Crippen LogP contribution in [-0.2, 0) is 4.74 Å². The van der Waals surface area contributed by atoms with E-state index in [0.717, 1.165) is 5.56 Å². The number of fused-ring (bicyclic) bond motifs is 2. The van der Waals surface area contributed by atoms with Crippen LogP contribution in [0.2, 0.25) is 0 Å². The van der Waals surface area contributed by atoms with Gasteiger partial charge in [-0.15, -0.1) is 0 Å². The van der Waals surface area contributed by atoms with Crippen LogP contribution in [0.3, 0.4) is 0 Å². The average Bonchev–Trinajstić information content (AvgIpc) is 2.99. The molecule has 0 N–H and O–H groups in total. The molecule has 0 amide bonds. The van der Waals surface area contributed by atoms with E-state index >= 15 is 0 Å². The summed E-state index contributed by atoms with van der Waals surface area (Å²) in [6.07, 6.45) is -0.962. The Bertz CT molecular complexity index is 1590. The van der Waals surface area contributed by atoms with Gasteiger partial charge in [-0.05, 0) is 30.3 Å². The van der Waals surface area contributed by atoms with Gasteiger partial charge >= 0.3 is 0 Å². The van der Waals surface area contributed by atoms with Crippen LogP contribution in [0.15, 0.2) is 57.7 Å². The van der Waals surface area contributed by atoms with Gasteiger partial charge in [0.25, 0.3) is 0 Å². The Kier molecular flexibility index (Phi) is 7.61. The van der Waals surface area contributed by atoms with Crippen molar-refractivity contribution >= 4 is 11.0 Å². The van der Waals surface area contributed by atoms with Crippen molar-refractivity contribution < 1.29 is 42.3 Å². The van der Waals surface area contributed by atoms with Gasteiger partial charge in [-0.2, -0.15) is 0 Å². The molecule has 2 atom stereocenters. The summed E-state index contributed by atoms with van der Waals surface area (Å²) < 4.78 is 51.6. The van der Waals surface area contributed by atoms with Crippen LogP contribution in [-0.4, -0.2) is 55.4 Å². The first-order valence-electron chi connectivity index (χ1n) is 12.4. The van der Waals surface area contributed by atoms with Crippen LogP contribution in [0.4, 0.5) is 0 Å². The minimum atomic E-state index is -0.526. The third-order valence-corrected chi connectivity index (χ3v) is 6.69. The van der Waals surface area contributed by atoms with Gasteiger partial charge in [0.2, 0.25) is 11.2 Å². The molecule has 0 bridgehead atoms. The van der Waals surface area contributed by atoms with Crippen LogP contribution >= 0.6 is 0 Å². The van der Waals surface area contributed by atoms with Crippen molar-refractivity contribution in [2.45, 2.75) is 12.2 Å². The predicted molar refractivity (Wildman–Crippen MR) is 147 cm³/mol. The molecule has 0 saturated carbocycles. The lowest BCUT2D eigenvalue weighted by Gasteiger charge is -2.34. The number of rotatable bonds is 9. The lowest BCUT2D eigenvalue weighted by atomic mass is 10.0. The van der Waals surface area contributed by atoms with E-state index in [1.165, 1.54) is 21.3 Å². The molecule has 0 saturated heterocycles. The van der Waals surface area contributed by atoms with Gasteiger partial charge in [0.1, 0.15) is 22.5 Å². The first kappa shape index (κ1) is 27.0. The van der Waals surface area contributed by atoms with Crippen LogP contribution < -0.4 is 38.6 Å². The Hall–Kier alpha value is -4.57. The molecule has 0 aliphatic carbocycles. The minimum absolute atomic E-state index is 0.0290. The van der Waals surface area contributed by atoms with E-state index in [2.05, 4.69) is 0 Å². The quantitative estimate of drug-likeness (QED) is 0.282. The maximum absolute atomic E-state index is 13.5. The fraction of sp³-hybridized carbons (Fsp3) is 0.300. The molecule has 1 aliphatic heterocycles. The molecule has 3 aromatic carbocycles. The molecule has 0 spiro atoms. The Morgan fingerprint density at radius 1 is 0.725 bits per heavy atom. The standard InChI is InChI=1S/C30H30O10/c1-32-15-25-28(16-7-9-19(34-3)21(11-16)35-4)39-22-12-17(8-10-20(22)38-25)29-30(37-6)27(31)26-23(36-5)13-18(33-2)14-24(26)40-29/h7-14,25,28H,15H2,1-6H3/t25-,28-/m1/s1. The third-order valence-electron chi connectivity index (χ3n) is 6.69. The summed E-state index contributed by atoms with van der Waals surface area (Å²) >= 11 is 0. The zero-order chi connectivity index (χ0) is 28.4. The Labute approximate surface area is 230 Å². The van der Waals surface area contributed by atoms with Crippen molar-refractivity contribution in [3.63, 3.8) is 0 Å². The van der Waals surface area contributed by atoms with E-state index in [4.69, 9.17) is 42.3 Å². The van der Waals surface area contributed by atoms with Crippen LogP contribution in [0.25, 0.3) is 22.3 Å². The van der Waals surface area contributed by atoms with E-state index < -0.39 is 12.2 Å². The van der Waals surface area contributed by atoms with Crippen LogP contribution in [0.5, 0.6) is 40.2 Å². The minimum Gasteiger partial charge on any atom is -0.496 e. The Morgan fingerprint density at radius 2 is 1.50 bits per heavy atom. The lowest BCUT2D eigenvalue weighted by Crippen LogP contribution is -2.36. The van der Waals surface area contributed by atoms with E-state index in [1.54, 1.807) is 51.7 Å². The molecule has 1 aliphatic rings. The number of methoxy groups -OCH3 is 6. The Morgan fingerprint density at radius 3 is 2.17 bits per heavy atom. The van der Waals surface area contributed by atoms with Crippen molar-refractivity contribution in [3.05, 3.63) is 64.3 Å². The van der Waals surface area contributed by atoms with Crippen molar-refractivity contribution in [1.82, 2.24) is 0 Å². The average molecular weight is 551 g/mol. The highest BCUT2D eigenvalue weighted by Crippen LogP contribution is 2.45. The van der Waals surface area contributed by atoms with E-state index in [-0.39, 0.29) is 34.5 Å². The third kappa shape index (κ3) is 4.71. The second-order valence-electron chi connectivity index (χ2n) is 8.92. The summed E-state index contributed by atoms with van der Waals surface area (Å²) in [6.45, 7) is 0.289. The number of ether oxygens (including phenoxy) is 8. The van der Waals surface area contributed by atoms with Crippen LogP contribution in [0.1, 0.15) is 11.7 Å². The largest absolute Gasteiger partial charge is 0.496 e. The van der Waals surface area contributed by atoms with Crippen LogP contribution in [0, 0.1) is 0 Å². The van der Waals surface area contributed by atoms with Crippen molar-refractivity contribution in [1.29, 1.82) is 0 Å². The lowest BCUT2D eigenvalue weighted by molar-refractivity contribution is -0.0239. The summed E-state index contributed by atoms with van der Waals surface area (Å²) in [7, 11) is 9.17. The highest BCUT2D eigenvalue weighted by molar-refractivity contribution is 5.88. The second kappa shape index (κ2) is 11.3. The maximum Gasteiger partial charge on any atom is 0.239 e. The molecule has 2 heterocycles. The zero-order valence-corrected chi connectivity index (χ0v) is 23.1. The smallest absolute Gasteiger partial charge is 0.239 e. The van der Waals surface area contributed by atoms with Crippen molar-refractivity contribution in [3.8, 4) is 51.6 Å². The normalized spacial score (nSPS) is 15.9. The first-order chi connectivity index (χ1) is 19.5. The summed E-state index contributed by atoms with van der Waals surface area (Å²) in [5.74, 6) is 3.19. The molecule has 0 radical (unpaired) electrons. The molecule has 210 valence electrons. The fourth-order valence-corrected chi connectivity index (χ4v) is 4.77. The van der Waals surface area contributed by atoms with E-state index in [1.807, 2.05) is 18.2 Å². The van der Waals surface area contributed by atoms with Gasteiger partial charge in [-0.1, -0.05) is 6.07 Å². The molecule has 0 unspecified atom stereocenters. The molecule has 1 aromatic heterocycles. The van der Waals surface area contributed by atoms with Gasteiger partial charge in [-0.25, -0.2) is 0 Å². The molecular weight excluding hydrogens is 520 g/mol. The molecular formula is C30H30O10. The monoisotopic (exact) mass is 550 g/mol. The number of benzene rings is 3. The summed E-state index contributed by atoms with van der Waals surface area (Å²) in [6, 6.07) is 14.1. The highest BCUT2D eigenvalue weighted by Gasteiger charge is 2.34. The van der Waals surface area contributed by atoms with Gasteiger partial charge < -0.3 is 42.3 Å². The van der Waals surface area contributed by atoms with E-state index in [0.29, 0.717) is 40.1 Å². The van der Waals surface area contributed by atoms with Crippen molar-refractivity contribution in [2.75, 3.05) is 49.3 Å². The predicted octanol–water partition coefficient (Wildman–Crippen LogP) is 5.03. The number of hydrogen-bond acceptors (Lipinski definition) is 10. The molecule has 0 fully saturated rings. The zero-order valence-electron chi connectivity index (χ0n) is 23.1. The molecule has 40 heavy (non-hydrogen) atoms. The SMILES string of the molecule is COC[C@H]1Oc2ccc(-c3oc4cc(OC)cc(OC)c4c(=O)c3OC)cc2O[C@@H]1c1ccc(OC)c(OC)c1. The highest BCUT2D eigenvalue weighted by atomic mass is 16.6. The number of hydrogen-bond donors (Lipinski definition) is 0. The van der Waals surface area contributed by atoms with Crippen molar-refractivity contribution in [2.24, 2.45) is 0 Å². The second-order valence-corrected chi connectivity index (χ2v) is 8.92. The van der Waals surface area contributed by atoms with Gasteiger partial charge in [-0.3, -0.25) is 4.79 Å².